The minimum atomic E-state index is -4.84. The maximum Gasteiger partial charge on any atom is 0.416 e. The Morgan fingerprint density at radius 3 is 2.38 bits per heavy atom. The fourth-order valence-electron chi connectivity index (χ4n) is 6.73. The summed E-state index contributed by atoms with van der Waals surface area (Å²) in [5.74, 6) is -2.29. The van der Waals surface area contributed by atoms with E-state index in [1.165, 1.54) is 41.6 Å². The van der Waals surface area contributed by atoms with Crippen LogP contribution in [0, 0.1) is 18.6 Å². The Bertz CT molecular complexity index is 1930. The molecule has 266 valence electrons. The van der Waals surface area contributed by atoms with E-state index in [-0.39, 0.29) is 47.0 Å². The molecule has 1 aromatic heterocycles. The summed E-state index contributed by atoms with van der Waals surface area (Å²) in [5.41, 5.74) is -1.02. The molecule has 6 nitrogen and oxygen atoms in total. The van der Waals surface area contributed by atoms with E-state index in [0.717, 1.165) is 23.8 Å². The van der Waals surface area contributed by atoms with E-state index in [1.807, 2.05) is 44.2 Å². The molecule has 3 aromatic carbocycles. The van der Waals surface area contributed by atoms with Crippen LogP contribution in [0.25, 0.3) is 11.1 Å². The smallest absolute Gasteiger partial charge is 0.416 e. The van der Waals surface area contributed by atoms with Gasteiger partial charge >= 0.3 is 12.1 Å². The van der Waals surface area contributed by atoms with Crippen molar-refractivity contribution in [3.8, 4) is 16.9 Å². The van der Waals surface area contributed by atoms with Crippen LogP contribution in [0.2, 0.25) is 0 Å². The molecule has 0 saturated heterocycles. The summed E-state index contributed by atoms with van der Waals surface area (Å²) in [7, 11) is 1.29. The molecule has 2 unspecified atom stereocenters. The van der Waals surface area contributed by atoms with Crippen molar-refractivity contribution in [2.75, 3.05) is 20.3 Å². The first-order valence-corrected chi connectivity index (χ1v) is 17.1. The van der Waals surface area contributed by atoms with E-state index < -0.39 is 57.7 Å². The number of ether oxygens (including phenoxy) is 2. The highest BCUT2D eigenvalue weighted by molar-refractivity contribution is 8.00. The lowest BCUT2D eigenvalue weighted by atomic mass is 9.88. The standard InChI is InChI=1S/C38H39F5N2O4S/c1-6-49-30(46)19-12-20-44-33(23-13-8-7-9-14-23)34-37(3,4)50-36-25(21-26-27(38(41,42)43)16-11-17-28(26)39)22(2)31(35(47)45(34)36)24-15-10-18-29(48-5)32(24)40/h7-11,13-18,33-34,44H,6,12,19-21H2,1-5H3. The fourth-order valence-corrected chi connectivity index (χ4v) is 8.23. The van der Waals surface area contributed by atoms with Crippen LogP contribution in [-0.4, -0.2) is 35.5 Å². The highest BCUT2D eigenvalue weighted by Gasteiger charge is 2.48. The summed E-state index contributed by atoms with van der Waals surface area (Å²) in [5, 5.41) is 3.90. The molecule has 1 aliphatic rings. The first-order valence-electron chi connectivity index (χ1n) is 16.3. The highest BCUT2D eigenvalue weighted by Crippen LogP contribution is 2.55. The van der Waals surface area contributed by atoms with Gasteiger partial charge < -0.3 is 14.8 Å². The van der Waals surface area contributed by atoms with Crippen LogP contribution in [0.1, 0.15) is 73.5 Å². The number of fused-ring (bicyclic) bond motifs is 1. The predicted molar refractivity (Wildman–Crippen MR) is 184 cm³/mol. The SMILES string of the molecule is CCOC(=O)CCCNC(c1ccccc1)C1n2c(c(Cc3c(F)cccc3C(F)(F)F)c(C)c(-c3cccc(OC)c3F)c2=O)SC1(C)C. The minimum Gasteiger partial charge on any atom is -0.494 e. The Balaban J connectivity index is 1.76. The molecule has 4 aromatic rings. The Labute approximate surface area is 292 Å². The molecule has 50 heavy (non-hydrogen) atoms. The number of pyridine rings is 1. The van der Waals surface area contributed by atoms with Gasteiger partial charge in [-0.15, -0.1) is 0 Å². The molecular formula is C38H39F5N2O4S. The second-order valence-electron chi connectivity index (χ2n) is 12.6. The number of alkyl halides is 3. The number of nitrogens with zero attached hydrogens (tertiary/aromatic N) is 1. The minimum absolute atomic E-state index is 0.0533. The average Bonchev–Trinajstić information content (AvgIpc) is 3.35. The molecule has 1 N–H and O–H groups in total. The lowest BCUT2D eigenvalue weighted by molar-refractivity contribution is -0.143. The van der Waals surface area contributed by atoms with Gasteiger partial charge in [0.25, 0.3) is 5.56 Å². The fraction of sp³-hybridized carbons (Fsp3) is 0.368. The zero-order chi connectivity index (χ0) is 36.4. The number of aromatic nitrogens is 1. The Kier molecular flexibility index (Phi) is 11.1. The van der Waals surface area contributed by atoms with Gasteiger partial charge in [-0.2, -0.15) is 13.2 Å². The number of carbonyl (C=O) groups excluding carboxylic acids is 1. The Hall–Kier alpha value is -4.16. The van der Waals surface area contributed by atoms with Crippen LogP contribution < -0.4 is 15.6 Å². The van der Waals surface area contributed by atoms with E-state index in [4.69, 9.17) is 9.47 Å². The molecule has 0 spiro atoms. The topological polar surface area (TPSA) is 69.6 Å². The Morgan fingerprint density at radius 2 is 1.72 bits per heavy atom. The van der Waals surface area contributed by atoms with Crippen molar-refractivity contribution in [3.05, 3.63) is 117 Å². The van der Waals surface area contributed by atoms with Crippen molar-refractivity contribution < 1.29 is 36.2 Å². The monoisotopic (exact) mass is 714 g/mol. The van der Waals surface area contributed by atoms with Gasteiger partial charge in [-0.05, 0) is 75.5 Å². The van der Waals surface area contributed by atoms with Gasteiger partial charge in [-0.3, -0.25) is 14.2 Å². The van der Waals surface area contributed by atoms with Crippen molar-refractivity contribution in [1.29, 1.82) is 0 Å². The van der Waals surface area contributed by atoms with Crippen LogP contribution in [0.3, 0.4) is 0 Å². The largest absolute Gasteiger partial charge is 0.494 e. The summed E-state index contributed by atoms with van der Waals surface area (Å²) in [6, 6.07) is 15.4. The third-order valence-electron chi connectivity index (χ3n) is 9.02. The van der Waals surface area contributed by atoms with Crippen molar-refractivity contribution in [1.82, 2.24) is 9.88 Å². The maximum atomic E-state index is 16.0. The second kappa shape index (κ2) is 15.0. The molecule has 0 radical (unpaired) electrons. The van der Waals surface area contributed by atoms with Crippen LogP contribution in [-0.2, 0) is 22.1 Å². The van der Waals surface area contributed by atoms with Crippen LogP contribution >= 0.6 is 11.8 Å². The lowest BCUT2D eigenvalue weighted by Crippen LogP contribution is -2.42. The molecule has 0 saturated carbocycles. The Morgan fingerprint density at radius 1 is 1.02 bits per heavy atom. The first kappa shape index (κ1) is 37.1. The van der Waals surface area contributed by atoms with Gasteiger partial charge in [-0.25, -0.2) is 8.78 Å². The van der Waals surface area contributed by atoms with Crippen LogP contribution in [0.4, 0.5) is 22.0 Å². The highest BCUT2D eigenvalue weighted by atomic mass is 32.2. The number of thioether (sulfide) groups is 1. The summed E-state index contributed by atoms with van der Waals surface area (Å²) < 4.78 is 85.1. The number of rotatable bonds is 12. The number of esters is 1. The van der Waals surface area contributed by atoms with Crippen molar-refractivity contribution in [3.63, 3.8) is 0 Å². The molecule has 12 heteroatoms. The predicted octanol–water partition coefficient (Wildman–Crippen LogP) is 8.82. The zero-order valence-corrected chi connectivity index (χ0v) is 29.2. The van der Waals surface area contributed by atoms with E-state index in [9.17, 15) is 22.8 Å². The molecule has 0 bridgehead atoms. The van der Waals surface area contributed by atoms with E-state index >= 15 is 8.78 Å². The van der Waals surface area contributed by atoms with Gasteiger partial charge in [0.1, 0.15) is 5.82 Å². The molecule has 0 amide bonds. The molecule has 0 aliphatic carbocycles. The quantitative estimate of drug-likeness (QED) is 0.0899. The number of halogens is 5. The van der Waals surface area contributed by atoms with Gasteiger partial charge in [0.05, 0.1) is 42.0 Å². The van der Waals surface area contributed by atoms with Crippen molar-refractivity contribution >= 4 is 17.7 Å². The number of hydrogen-bond acceptors (Lipinski definition) is 6. The van der Waals surface area contributed by atoms with Crippen LogP contribution in [0.15, 0.2) is 76.6 Å². The molecule has 2 heterocycles. The zero-order valence-electron chi connectivity index (χ0n) is 28.4. The summed E-state index contributed by atoms with van der Waals surface area (Å²) >= 11 is 1.31. The summed E-state index contributed by atoms with van der Waals surface area (Å²) in [4.78, 5) is 26.9. The van der Waals surface area contributed by atoms with E-state index in [0.29, 0.717) is 18.0 Å². The third-order valence-corrected chi connectivity index (χ3v) is 10.4. The number of nitrogens with one attached hydrogen (secondary N) is 1. The molecule has 2 atom stereocenters. The molecular weight excluding hydrogens is 675 g/mol. The van der Waals surface area contributed by atoms with Crippen LogP contribution in [0.5, 0.6) is 5.75 Å². The normalized spacial score (nSPS) is 15.8. The number of benzene rings is 3. The summed E-state index contributed by atoms with van der Waals surface area (Å²) in [6.45, 7) is 7.79. The van der Waals surface area contributed by atoms with Gasteiger partial charge in [-0.1, -0.05) is 60.3 Å². The number of hydrogen-bond donors (Lipinski definition) is 1. The summed E-state index contributed by atoms with van der Waals surface area (Å²) in [6.07, 6.45) is -4.73. The number of carbonyl (C=O) groups is 1. The number of methoxy groups -OCH3 is 1. The van der Waals surface area contributed by atoms with Crippen molar-refractivity contribution in [2.24, 2.45) is 0 Å². The van der Waals surface area contributed by atoms with Crippen molar-refractivity contribution in [2.45, 2.75) is 75.0 Å². The van der Waals surface area contributed by atoms with Gasteiger partial charge in [0, 0.05) is 28.7 Å². The third kappa shape index (κ3) is 7.32. The molecule has 5 rings (SSSR count). The van der Waals surface area contributed by atoms with Gasteiger partial charge in [0.2, 0.25) is 0 Å². The maximum absolute atomic E-state index is 16.0. The average molecular weight is 715 g/mol. The van der Waals surface area contributed by atoms with Gasteiger partial charge in [0.15, 0.2) is 11.6 Å². The lowest BCUT2D eigenvalue weighted by Gasteiger charge is -2.35. The second-order valence-corrected chi connectivity index (χ2v) is 14.3. The van der Waals surface area contributed by atoms with E-state index in [1.54, 1.807) is 13.8 Å². The molecule has 1 aliphatic heterocycles. The first-order chi connectivity index (χ1) is 23.7. The molecule has 0 fully saturated rings. The van der Waals surface area contributed by atoms with E-state index in [2.05, 4.69) is 5.32 Å².